The lowest BCUT2D eigenvalue weighted by Crippen LogP contribution is -2.37. The van der Waals surface area contributed by atoms with Gasteiger partial charge in [0.15, 0.2) is 6.10 Å². The molecule has 326 valence electrons. The summed E-state index contributed by atoms with van der Waals surface area (Å²) >= 11 is 0. The van der Waals surface area contributed by atoms with Gasteiger partial charge in [0, 0.05) is 12.8 Å². The van der Waals surface area contributed by atoms with Crippen molar-refractivity contribution in [3.63, 3.8) is 0 Å². The summed E-state index contributed by atoms with van der Waals surface area (Å²) < 4.78 is 33.7. The van der Waals surface area contributed by atoms with Crippen molar-refractivity contribution in [2.75, 3.05) is 47.5 Å². The van der Waals surface area contributed by atoms with Gasteiger partial charge in [-0.15, -0.1) is 0 Å². The molecule has 0 amide bonds. The lowest BCUT2D eigenvalue weighted by molar-refractivity contribution is -0.870. The third-order valence-corrected chi connectivity index (χ3v) is 8.94. The minimum Gasteiger partial charge on any atom is -0.756 e. The van der Waals surface area contributed by atoms with Crippen LogP contribution < -0.4 is 4.89 Å². The molecule has 0 saturated heterocycles. The maximum Gasteiger partial charge on any atom is 0.306 e. The highest BCUT2D eigenvalue weighted by atomic mass is 31.2. The molecule has 10 heteroatoms. The molecule has 0 aliphatic carbocycles. The molecular formula is C48H76NO8P. The Morgan fingerprint density at radius 3 is 1.28 bits per heavy atom. The van der Waals surface area contributed by atoms with E-state index >= 15 is 0 Å². The predicted molar refractivity (Wildman–Crippen MR) is 240 cm³/mol. The largest absolute Gasteiger partial charge is 0.756 e. The number of hydrogen-bond acceptors (Lipinski definition) is 8. The topological polar surface area (TPSA) is 111 Å². The zero-order valence-electron chi connectivity index (χ0n) is 36.4. The van der Waals surface area contributed by atoms with Crippen LogP contribution in [0.1, 0.15) is 117 Å². The van der Waals surface area contributed by atoms with Crippen LogP contribution in [0.5, 0.6) is 0 Å². The van der Waals surface area contributed by atoms with Crippen molar-refractivity contribution < 1.29 is 42.1 Å². The number of nitrogens with zero attached hydrogens (tertiary/aromatic N) is 1. The smallest absolute Gasteiger partial charge is 0.306 e. The van der Waals surface area contributed by atoms with Crippen LogP contribution in [0.3, 0.4) is 0 Å². The first-order valence-electron chi connectivity index (χ1n) is 21.2. The van der Waals surface area contributed by atoms with Crippen molar-refractivity contribution in [1.29, 1.82) is 0 Å². The molecule has 0 aromatic heterocycles. The zero-order valence-corrected chi connectivity index (χ0v) is 37.3. The fourth-order valence-electron chi connectivity index (χ4n) is 4.72. The lowest BCUT2D eigenvalue weighted by atomic mass is 10.2. The minimum atomic E-state index is -4.66. The maximum absolute atomic E-state index is 12.6. The van der Waals surface area contributed by atoms with Crippen LogP contribution in [-0.4, -0.2) is 70.0 Å². The van der Waals surface area contributed by atoms with Gasteiger partial charge in [-0.2, -0.15) is 0 Å². The van der Waals surface area contributed by atoms with E-state index in [9.17, 15) is 19.0 Å². The normalized spacial score (nSPS) is 14.8. The Labute approximate surface area is 352 Å². The molecule has 0 aromatic rings. The number of carbonyl (C=O) groups excluding carboxylic acids is 2. The number of likely N-dealkylation sites (N-methyl/N-ethyl adjacent to an activating group) is 1. The summed E-state index contributed by atoms with van der Waals surface area (Å²) in [5.41, 5.74) is 0. The molecule has 0 bridgehead atoms. The first-order chi connectivity index (χ1) is 28.0. The van der Waals surface area contributed by atoms with Crippen molar-refractivity contribution in [3.05, 3.63) is 122 Å². The van der Waals surface area contributed by atoms with Gasteiger partial charge in [0.1, 0.15) is 19.8 Å². The van der Waals surface area contributed by atoms with Gasteiger partial charge in [-0.05, 0) is 89.9 Å². The van der Waals surface area contributed by atoms with E-state index in [1.807, 2.05) is 33.3 Å². The standard InChI is InChI=1S/C48H76NO8P/c1-6-8-10-12-14-16-18-20-22-24-26-28-30-32-34-36-38-40-47(50)54-44-46(45-56-58(52,53)55-43-42-49(3,4)5)57-48(51)41-39-37-35-33-31-29-27-25-23-21-19-17-15-13-11-9-7-2/h8-11,14-17,20-23,26-29,32-35,46H,6-7,12-13,18-19,24-25,30-31,36-45H2,1-5H3/b10-8+,11-9+,16-14+,17-15+,22-20+,23-21+,28-26+,29-27+,34-32+,35-33+. The van der Waals surface area contributed by atoms with Gasteiger partial charge in [-0.25, -0.2) is 0 Å². The Kier molecular flexibility index (Phi) is 36.5. The summed E-state index contributed by atoms with van der Waals surface area (Å²) in [6, 6.07) is 0. The molecule has 0 aliphatic heterocycles. The third-order valence-electron chi connectivity index (χ3n) is 7.98. The number of hydrogen-bond donors (Lipinski definition) is 0. The molecule has 0 heterocycles. The molecule has 0 aromatic carbocycles. The molecule has 0 aliphatic rings. The van der Waals surface area contributed by atoms with E-state index < -0.39 is 32.5 Å². The quantitative estimate of drug-likeness (QED) is 0.0202. The third kappa shape index (κ3) is 42.0. The minimum absolute atomic E-state index is 0.0581. The Balaban J connectivity index is 4.61. The summed E-state index contributed by atoms with van der Waals surface area (Å²) in [4.78, 5) is 37.5. The number of allylic oxidation sites excluding steroid dienone is 20. The second kappa shape index (κ2) is 38.9. The maximum atomic E-state index is 12.6. The van der Waals surface area contributed by atoms with E-state index in [-0.39, 0.29) is 26.1 Å². The second-order valence-corrected chi connectivity index (χ2v) is 16.0. The molecule has 0 saturated carbocycles. The number of esters is 2. The summed E-state index contributed by atoms with van der Waals surface area (Å²) in [5.74, 6) is -0.988. The van der Waals surface area contributed by atoms with Crippen LogP contribution in [-0.2, 0) is 32.7 Å². The van der Waals surface area contributed by atoms with Crippen LogP contribution in [0.15, 0.2) is 122 Å². The zero-order chi connectivity index (χ0) is 42.8. The van der Waals surface area contributed by atoms with E-state index in [4.69, 9.17) is 18.5 Å². The monoisotopic (exact) mass is 826 g/mol. The first-order valence-corrected chi connectivity index (χ1v) is 22.7. The van der Waals surface area contributed by atoms with E-state index in [1.54, 1.807) is 0 Å². The summed E-state index contributed by atoms with van der Waals surface area (Å²) in [6.07, 6.45) is 53.9. The number of unbranched alkanes of at least 4 members (excludes halogenated alkanes) is 2. The van der Waals surface area contributed by atoms with Crippen LogP contribution in [0, 0.1) is 0 Å². The average molecular weight is 826 g/mol. The van der Waals surface area contributed by atoms with E-state index in [2.05, 4.69) is 123 Å². The lowest BCUT2D eigenvalue weighted by Gasteiger charge is -2.28. The fraction of sp³-hybridized carbons (Fsp3) is 0.542. The van der Waals surface area contributed by atoms with Crippen molar-refractivity contribution in [1.82, 2.24) is 0 Å². The van der Waals surface area contributed by atoms with Gasteiger partial charge in [0.25, 0.3) is 7.82 Å². The number of ether oxygens (including phenoxy) is 2. The van der Waals surface area contributed by atoms with E-state index in [0.717, 1.165) is 64.2 Å². The Morgan fingerprint density at radius 2 is 0.897 bits per heavy atom. The Hall–Kier alpha value is -3.59. The van der Waals surface area contributed by atoms with Crippen molar-refractivity contribution in [2.45, 2.75) is 123 Å². The van der Waals surface area contributed by atoms with Crippen molar-refractivity contribution in [2.24, 2.45) is 0 Å². The molecule has 0 N–H and O–H groups in total. The summed E-state index contributed by atoms with van der Waals surface area (Å²) in [5, 5.41) is 0. The molecule has 0 spiro atoms. The summed E-state index contributed by atoms with van der Waals surface area (Å²) in [6.45, 7) is 3.82. The van der Waals surface area contributed by atoms with E-state index in [1.165, 1.54) is 0 Å². The van der Waals surface area contributed by atoms with Crippen molar-refractivity contribution >= 4 is 19.8 Å². The molecule has 58 heavy (non-hydrogen) atoms. The highest BCUT2D eigenvalue weighted by Crippen LogP contribution is 2.38. The number of phosphoric acid groups is 1. The van der Waals surface area contributed by atoms with Crippen LogP contribution in [0.2, 0.25) is 0 Å². The molecule has 0 fully saturated rings. The molecule has 0 radical (unpaired) electrons. The first kappa shape index (κ1) is 54.4. The highest BCUT2D eigenvalue weighted by Gasteiger charge is 2.21. The summed E-state index contributed by atoms with van der Waals surface area (Å²) in [7, 11) is 1.07. The molecule has 2 atom stereocenters. The Bertz CT molecular complexity index is 1390. The SMILES string of the molecule is CC/C=C/C/C=C/C/C=C/C/C=C/C/C=C/CCCC(=O)OCC(COP(=O)([O-])OCC[N+](C)(C)C)OC(=O)CCC/C=C/C/C=C/C/C=C/C/C=C/C/C=C/CC. The second-order valence-electron chi connectivity index (χ2n) is 14.6. The van der Waals surface area contributed by atoms with E-state index in [0.29, 0.717) is 36.7 Å². The molecule has 2 unspecified atom stereocenters. The number of phosphoric ester groups is 1. The van der Waals surface area contributed by atoms with Crippen molar-refractivity contribution in [3.8, 4) is 0 Å². The molecular weight excluding hydrogens is 750 g/mol. The average Bonchev–Trinajstić information content (AvgIpc) is 3.17. The van der Waals surface area contributed by atoms with Crippen LogP contribution in [0.25, 0.3) is 0 Å². The van der Waals surface area contributed by atoms with Gasteiger partial charge in [0.2, 0.25) is 0 Å². The number of rotatable bonds is 36. The number of quaternary nitrogens is 1. The van der Waals surface area contributed by atoms with Gasteiger partial charge < -0.3 is 27.9 Å². The van der Waals surface area contributed by atoms with Crippen LogP contribution >= 0.6 is 7.82 Å². The Morgan fingerprint density at radius 1 is 0.534 bits per heavy atom. The van der Waals surface area contributed by atoms with Gasteiger partial charge in [-0.3, -0.25) is 14.2 Å². The number of carbonyl (C=O) groups is 2. The predicted octanol–water partition coefficient (Wildman–Crippen LogP) is 11.5. The van der Waals surface area contributed by atoms with Gasteiger partial charge in [0.05, 0.1) is 27.7 Å². The van der Waals surface area contributed by atoms with Crippen LogP contribution in [0.4, 0.5) is 0 Å². The molecule has 0 rings (SSSR count). The van der Waals surface area contributed by atoms with Gasteiger partial charge >= 0.3 is 11.9 Å². The molecule has 9 nitrogen and oxygen atoms in total. The fourth-order valence-corrected chi connectivity index (χ4v) is 5.45. The highest BCUT2D eigenvalue weighted by molar-refractivity contribution is 7.45. The van der Waals surface area contributed by atoms with Gasteiger partial charge in [-0.1, -0.05) is 135 Å².